The van der Waals surface area contributed by atoms with Crippen molar-refractivity contribution in [3.8, 4) is 5.75 Å². The van der Waals surface area contributed by atoms with Crippen LogP contribution in [-0.2, 0) is 21.8 Å². The summed E-state index contributed by atoms with van der Waals surface area (Å²) < 4.78 is 66.9. The number of anilines is 3. The molecule has 1 heterocycles. The topological polar surface area (TPSA) is 159 Å². The standard InChI is InChI=1S/C28H28F3N7O5S/c1-27(2,3)19-9-12-21(13-10-19)38(16-17-5-7-18(8-6-17)24(39)33-25-34-36-37-35-25)26(40)32-20-11-14-22(43-28(29,30)31)23(15-20)44(4,41)42/h5-15H,16H2,1-4H3,(H,32,40)(H2,33,34,35,36,37,39). The zero-order valence-electron chi connectivity index (χ0n) is 23.9. The highest BCUT2D eigenvalue weighted by Crippen LogP contribution is 2.32. The number of rotatable bonds is 8. The van der Waals surface area contributed by atoms with Crippen molar-refractivity contribution in [1.29, 1.82) is 0 Å². The molecule has 0 aliphatic rings. The van der Waals surface area contributed by atoms with Gasteiger partial charge in [0.2, 0.25) is 0 Å². The van der Waals surface area contributed by atoms with Crippen LogP contribution in [0.4, 0.5) is 35.3 Å². The van der Waals surface area contributed by atoms with Crippen LogP contribution in [-0.4, -0.2) is 53.6 Å². The number of benzene rings is 3. The molecule has 0 atom stereocenters. The SMILES string of the molecule is CC(C)(C)c1ccc(N(Cc2ccc(C(=O)Nc3nn[nH]n3)cc2)C(=O)Nc2ccc(OC(F)(F)F)c(S(C)(=O)=O)c2)cc1. The summed E-state index contributed by atoms with van der Waals surface area (Å²) in [6.07, 6.45) is -4.39. The molecule has 3 aromatic carbocycles. The first-order valence-corrected chi connectivity index (χ1v) is 14.8. The smallest absolute Gasteiger partial charge is 0.404 e. The molecule has 1 aromatic heterocycles. The summed E-state index contributed by atoms with van der Waals surface area (Å²) in [4.78, 5) is 26.7. The van der Waals surface area contributed by atoms with Gasteiger partial charge in [-0.25, -0.2) is 13.2 Å². The predicted octanol–water partition coefficient (Wildman–Crippen LogP) is 5.29. The molecule has 4 rings (SSSR count). The third-order valence-electron chi connectivity index (χ3n) is 6.24. The highest BCUT2D eigenvalue weighted by molar-refractivity contribution is 7.90. The van der Waals surface area contributed by atoms with Crippen molar-refractivity contribution < 1.29 is 35.9 Å². The van der Waals surface area contributed by atoms with Gasteiger partial charge in [-0.15, -0.1) is 18.3 Å². The monoisotopic (exact) mass is 631 g/mol. The van der Waals surface area contributed by atoms with Gasteiger partial charge in [0.25, 0.3) is 11.9 Å². The largest absolute Gasteiger partial charge is 0.573 e. The molecule has 3 amide bonds. The number of halogens is 3. The molecule has 12 nitrogen and oxygen atoms in total. The lowest BCUT2D eigenvalue weighted by Crippen LogP contribution is -2.34. The Kier molecular flexibility index (Phi) is 8.94. The minimum Gasteiger partial charge on any atom is -0.404 e. The highest BCUT2D eigenvalue weighted by atomic mass is 32.2. The van der Waals surface area contributed by atoms with E-state index < -0.39 is 38.8 Å². The molecule has 0 spiro atoms. The van der Waals surface area contributed by atoms with Gasteiger partial charge in [-0.3, -0.25) is 15.0 Å². The molecule has 0 aliphatic carbocycles. The number of alkyl halides is 3. The van der Waals surface area contributed by atoms with Gasteiger partial charge in [0.15, 0.2) is 9.84 Å². The first kappa shape index (κ1) is 31.9. The Balaban J connectivity index is 1.62. The summed E-state index contributed by atoms with van der Waals surface area (Å²) >= 11 is 0. The third-order valence-corrected chi connectivity index (χ3v) is 7.36. The van der Waals surface area contributed by atoms with Crippen LogP contribution >= 0.6 is 0 Å². The Morgan fingerprint density at radius 2 is 1.61 bits per heavy atom. The van der Waals surface area contributed by atoms with E-state index in [4.69, 9.17) is 0 Å². The van der Waals surface area contributed by atoms with E-state index in [1.165, 1.54) is 4.90 Å². The van der Waals surface area contributed by atoms with E-state index >= 15 is 0 Å². The number of ether oxygens (including phenoxy) is 1. The van der Waals surface area contributed by atoms with E-state index in [1.807, 2.05) is 32.9 Å². The molecular formula is C28H28F3N7O5S. The lowest BCUT2D eigenvalue weighted by molar-refractivity contribution is -0.275. The maximum Gasteiger partial charge on any atom is 0.573 e. The van der Waals surface area contributed by atoms with Crippen LogP contribution in [0.3, 0.4) is 0 Å². The molecule has 0 fully saturated rings. The quantitative estimate of drug-likeness (QED) is 0.237. The molecule has 0 saturated heterocycles. The fraction of sp³-hybridized carbons (Fsp3) is 0.250. The second-order valence-corrected chi connectivity index (χ2v) is 12.7. The summed E-state index contributed by atoms with van der Waals surface area (Å²) in [6, 6.07) is 15.7. The van der Waals surface area contributed by atoms with E-state index in [9.17, 15) is 31.2 Å². The Bertz CT molecular complexity index is 1740. The van der Waals surface area contributed by atoms with Crippen LogP contribution in [0.1, 0.15) is 42.3 Å². The molecule has 0 saturated carbocycles. The Labute approximate surface area is 250 Å². The fourth-order valence-electron chi connectivity index (χ4n) is 4.03. The summed E-state index contributed by atoms with van der Waals surface area (Å²) in [5, 5.41) is 18.0. The number of carbonyl (C=O) groups is 2. The predicted molar refractivity (Wildman–Crippen MR) is 155 cm³/mol. The lowest BCUT2D eigenvalue weighted by atomic mass is 9.87. The lowest BCUT2D eigenvalue weighted by Gasteiger charge is -2.25. The van der Waals surface area contributed by atoms with Crippen molar-refractivity contribution in [3.63, 3.8) is 0 Å². The second-order valence-electron chi connectivity index (χ2n) is 10.7. The number of nitrogens with zero attached hydrogens (tertiary/aromatic N) is 4. The molecule has 44 heavy (non-hydrogen) atoms. The first-order chi connectivity index (χ1) is 20.5. The number of carbonyl (C=O) groups excluding carboxylic acids is 2. The Hall–Kier alpha value is -4.99. The van der Waals surface area contributed by atoms with E-state index in [-0.39, 0.29) is 23.6 Å². The average molecular weight is 632 g/mol. The Morgan fingerprint density at radius 1 is 0.955 bits per heavy atom. The zero-order chi connectivity index (χ0) is 32.3. The molecule has 3 N–H and O–H groups in total. The van der Waals surface area contributed by atoms with Crippen molar-refractivity contribution in [1.82, 2.24) is 20.6 Å². The fourth-order valence-corrected chi connectivity index (χ4v) is 4.85. The van der Waals surface area contributed by atoms with Crippen molar-refractivity contribution in [2.45, 2.75) is 44.0 Å². The van der Waals surface area contributed by atoms with Crippen LogP contribution in [0.5, 0.6) is 5.75 Å². The maximum absolute atomic E-state index is 13.6. The van der Waals surface area contributed by atoms with Gasteiger partial charge in [-0.05, 0) is 64.2 Å². The number of nitrogens with one attached hydrogen (secondary N) is 3. The number of aromatic nitrogens is 4. The van der Waals surface area contributed by atoms with Crippen LogP contribution in [0.25, 0.3) is 0 Å². The van der Waals surface area contributed by atoms with E-state index in [1.54, 1.807) is 36.4 Å². The second kappa shape index (κ2) is 12.3. The van der Waals surface area contributed by atoms with Crippen LogP contribution in [0.15, 0.2) is 71.6 Å². The van der Waals surface area contributed by atoms with Gasteiger partial charge in [0, 0.05) is 23.2 Å². The first-order valence-electron chi connectivity index (χ1n) is 12.9. The normalized spacial score (nSPS) is 12.0. The summed E-state index contributed by atoms with van der Waals surface area (Å²) in [5.74, 6) is -1.40. The molecule has 4 aromatic rings. The minimum atomic E-state index is -5.12. The van der Waals surface area contributed by atoms with E-state index in [0.717, 1.165) is 30.0 Å². The van der Waals surface area contributed by atoms with Gasteiger partial charge in [-0.2, -0.15) is 5.21 Å². The van der Waals surface area contributed by atoms with Crippen molar-refractivity contribution in [2.75, 3.05) is 21.8 Å². The number of sulfone groups is 1. The van der Waals surface area contributed by atoms with Crippen molar-refractivity contribution in [3.05, 3.63) is 83.4 Å². The number of amides is 3. The number of hydrogen-bond donors (Lipinski definition) is 3. The summed E-state index contributed by atoms with van der Waals surface area (Å²) in [5.41, 5.74) is 2.17. The molecule has 0 bridgehead atoms. The highest BCUT2D eigenvalue weighted by Gasteiger charge is 2.33. The molecular weight excluding hydrogens is 603 g/mol. The number of urea groups is 1. The zero-order valence-corrected chi connectivity index (χ0v) is 24.7. The van der Waals surface area contributed by atoms with Crippen LogP contribution < -0.4 is 20.3 Å². The van der Waals surface area contributed by atoms with Gasteiger partial charge < -0.3 is 10.1 Å². The number of tetrazole rings is 1. The van der Waals surface area contributed by atoms with Crippen molar-refractivity contribution >= 4 is 39.1 Å². The summed E-state index contributed by atoms with van der Waals surface area (Å²) in [7, 11) is -4.17. The number of hydrogen-bond acceptors (Lipinski definition) is 8. The van der Waals surface area contributed by atoms with E-state index in [0.29, 0.717) is 16.8 Å². The average Bonchev–Trinajstić information content (AvgIpc) is 3.44. The molecule has 0 radical (unpaired) electrons. The molecule has 0 unspecified atom stereocenters. The maximum atomic E-state index is 13.6. The Morgan fingerprint density at radius 3 is 2.16 bits per heavy atom. The van der Waals surface area contributed by atoms with Gasteiger partial charge in [0.1, 0.15) is 10.6 Å². The van der Waals surface area contributed by atoms with Gasteiger partial charge in [-0.1, -0.05) is 50.1 Å². The number of H-pyrrole nitrogens is 1. The number of aromatic amines is 1. The third kappa shape index (κ3) is 8.31. The summed E-state index contributed by atoms with van der Waals surface area (Å²) in [6.45, 7) is 6.12. The molecule has 232 valence electrons. The van der Waals surface area contributed by atoms with Crippen LogP contribution in [0.2, 0.25) is 0 Å². The molecule has 16 heteroatoms. The molecule has 0 aliphatic heterocycles. The van der Waals surface area contributed by atoms with Crippen LogP contribution in [0, 0.1) is 0 Å². The van der Waals surface area contributed by atoms with Crippen molar-refractivity contribution in [2.24, 2.45) is 0 Å². The van der Waals surface area contributed by atoms with Gasteiger partial charge >= 0.3 is 12.4 Å². The minimum absolute atomic E-state index is 0.00217. The van der Waals surface area contributed by atoms with E-state index in [2.05, 4.69) is 36.0 Å². The van der Waals surface area contributed by atoms with Gasteiger partial charge in [0.05, 0.1) is 6.54 Å².